The number of nitrogens with zero attached hydrogens (tertiary/aromatic N) is 1. The summed E-state index contributed by atoms with van der Waals surface area (Å²) in [5, 5.41) is 22.6. The van der Waals surface area contributed by atoms with Gasteiger partial charge in [-0.15, -0.1) is 11.3 Å². The second-order valence-electron chi connectivity index (χ2n) is 7.50. The maximum absolute atomic E-state index is 12.9. The Morgan fingerprint density at radius 3 is 2.72 bits per heavy atom. The van der Waals surface area contributed by atoms with Gasteiger partial charge in [-0.1, -0.05) is 19.1 Å². The van der Waals surface area contributed by atoms with Crippen molar-refractivity contribution in [3.63, 3.8) is 0 Å². The lowest BCUT2D eigenvalue weighted by molar-refractivity contribution is -0.146. The summed E-state index contributed by atoms with van der Waals surface area (Å²) in [6.45, 7) is 2.20. The zero-order valence-electron chi connectivity index (χ0n) is 14.0. The summed E-state index contributed by atoms with van der Waals surface area (Å²) < 4.78 is 0. The molecule has 0 radical (unpaired) electrons. The Morgan fingerprint density at radius 1 is 1.32 bits per heavy atom. The molecule has 1 aromatic rings. The number of rotatable bonds is 3. The molecule has 3 aliphatic carbocycles. The Morgan fingerprint density at radius 2 is 2.04 bits per heavy atom. The number of nitrogens with one attached hydrogen (secondary N) is 1. The largest absolute Gasteiger partial charge is 0.481 e. The molecule has 0 unspecified atom stereocenters. The van der Waals surface area contributed by atoms with Crippen LogP contribution in [0.3, 0.4) is 0 Å². The quantitative estimate of drug-likeness (QED) is 0.814. The molecule has 4 rings (SSSR count). The molecule has 25 heavy (non-hydrogen) atoms. The fourth-order valence-electron chi connectivity index (χ4n) is 4.67. The highest BCUT2D eigenvalue weighted by Gasteiger charge is 2.51. The third-order valence-corrected chi connectivity index (χ3v) is 7.08. The van der Waals surface area contributed by atoms with E-state index in [1.54, 1.807) is 0 Å². The van der Waals surface area contributed by atoms with Gasteiger partial charge < -0.3 is 10.4 Å². The van der Waals surface area contributed by atoms with Gasteiger partial charge in [-0.25, -0.2) is 0 Å². The number of anilines is 1. The Balaban J connectivity index is 1.61. The normalized spacial score (nSPS) is 32.2. The molecule has 3 aliphatic rings. The maximum atomic E-state index is 12.9. The second-order valence-corrected chi connectivity index (χ2v) is 8.60. The highest BCUT2D eigenvalue weighted by atomic mass is 32.1. The van der Waals surface area contributed by atoms with E-state index in [0.29, 0.717) is 16.5 Å². The molecule has 1 heterocycles. The zero-order chi connectivity index (χ0) is 17.7. The summed E-state index contributed by atoms with van der Waals surface area (Å²) >= 11 is 1.49. The maximum Gasteiger partial charge on any atom is 0.307 e. The lowest BCUT2D eigenvalue weighted by atomic mass is 9.82. The molecule has 0 spiro atoms. The first-order valence-electron chi connectivity index (χ1n) is 8.76. The first kappa shape index (κ1) is 16.3. The standard InChI is InChI=1S/C19H20N2O3S/c1-9-2-5-12-13(8-20)18(25-14(12)6-9)21-17(22)15-10-3-4-11(7-10)16(15)19(23)24/h3-4,9-11,15-16H,2,5-7H2,1H3,(H,21,22)(H,23,24)/t9-,10+,11+,15+,16-/m1/s1. The highest BCUT2D eigenvalue weighted by molar-refractivity contribution is 7.16. The number of aliphatic carboxylic acids is 1. The Kier molecular flexibility index (Phi) is 3.92. The molecule has 6 heteroatoms. The number of amides is 1. The molecule has 130 valence electrons. The summed E-state index contributed by atoms with van der Waals surface area (Å²) in [6, 6.07) is 2.25. The van der Waals surface area contributed by atoms with Gasteiger partial charge in [0, 0.05) is 4.88 Å². The molecule has 0 saturated heterocycles. The molecular formula is C19H20N2O3S. The van der Waals surface area contributed by atoms with Crippen LogP contribution in [0, 0.1) is 40.9 Å². The Hall–Kier alpha value is -2.13. The topological polar surface area (TPSA) is 90.2 Å². The molecular weight excluding hydrogens is 336 g/mol. The van der Waals surface area contributed by atoms with Crippen LogP contribution >= 0.6 is 11.3 Å². The van der Waals surface area contributed by atoms with Crippen molar-refractivity contribution in [3.05, 3.63) is 28.2 Å². The van der Waals surface area contributed by atoms with Crippen LogP contribution in [0.25, 0.3) is 0 Å². The van der Waals surface area contributed by atoms with E-state index in [1.165, 1.54) is 16.2 Å². The SMILES string of the molecule is C[C@@H]1CCc2c(sc(NC(=O)[C@@H]3[C@H](C(=O)O)[C@H]4C=C[C@H]3C4)c2C#N)C1. The number of nitriles is 1. The third kappa shape index (κ3) is 2.58. The molecule has 1 amide bonds. The number of allylic oxidation sites excluding steroid dienone is 2. The number of fused-ring (bicyclic) bond motifs is 3. The summed E-state index contributed by atoms with van der Waals surface area (Å²) in [6.07, 6.45) is 7.52. The zero-order valence-corrected chi connectivity index (χ0v) is 14.8. The van der Waals surface area contributed by atoms with Gasteiger partial charge in [-0.2, -0.15) is 5.26 Å². The van der Waals surface area contributed by atoms with Crippen LogP contribution in [0.1, 0.15) is 35.8 Å². The number of thiophene rings is 1. The minimum Gasteiger partial charge on any atom is -0.481 e. The number of carboxylic acids is 1. The molecule has 2 N–H and O–H groups in total. The second kappa shape index (κ2) is 5.99. The minimum atomic E-state index is -0.906. The van der Waals surface area contributed by atoms with Crippen LogP contribution in [-0.2, 0) is 22.4 Å². The van der Waals surface area contributed by atoms with Crippen LogP contribution < -0.4 is 5.32 Å². The van der Waals surface area contributed by atoms with E-state index in [9.17, 15) is 20.0 Å². The van der Waals surface area contributed by atoms with Gasteiger partial charge in [0.15, 0.2) is 0 Å². The number of hydrogen-bond donors (Lipinski definition) is 2. The predicted octanol–water partition coefficient (Wildman–Crippen LogP) is 3.21. The monoisotopic (exact) mass is 356 g/mol. The van der Waals surface area contributed by atoms with Gasteiger partial charge in [0.1, 0.15) is 11.1 Å². The molecule has 0 aliphatic heterocycles. The van der Waals surface area contributed by atoms with Crippen LogP contribution in [0.5, 0.6) is 0 Å². The first-order chi connectivity index (χ1) is 12.0. The summed E-state index contributed by atoms with van der Waals surface area (Å²) in [7, 11) is 0. The average molecular weight is 356 g/mol. The van der Waals surface area contributed by atoms with Crippen molar-refractivity contribution >= 4 is 28.2 Å². The van der Waals surface area contributed by atoms with Gasteiger partial charge in [0.05, 0.1) is 17.4 Å². The van der Waals surface area contributed by atoms with Crippen molar-refractivity contribution in [2.75, 3.05) is 5.32 Å². The Bertz CT molecular complexity index is 819. The van der Waals surface area contributed by atoms with Gasteiger partial charge in [0.2, 0.25) is 5.91 Å². The van der Waals surface area contributed by atoms with E-state index >= 15 is 0 Å². The fourth-order valence-corrected chi connectivity index (χ4v) is 6.03. The molecule has 5 nitrogen and oxygen atoms in total. The molecule has 1 saturated carbocycles. The predicted molar refractivity (Wildman–Crippen MR) is 94.2 cm³/mol. The van der Waals surface area contributed by atoms with Gasteiger partial charge >= 0.3 is 5.97 Å². The van der Waals surface area contributed by atoms with Crippen molar-refractivity contribution in [1.82, 2.24) is 0 Å². The van der Waals surface area contributed by atoms with E-state index < -0.39 is 17.8 Å². The molecule has 5 atom stereocenters. The van der Waals surface area contributed by atoms with Gasteiger partial charge in [-0.05, 0) is 49.0 Å². The average Bonchev–Trinajstić information content (AvgIpc) is 3.25. The van der Waals surface area contributed by atoms with Crippen LogP contribution in [-0.4, -0.2) is 17.0 Å². The van der Waals surface area contributed by atoms with Crippen molar-refractivity contribution in [1.29, 1.82) is 5.26 Å². The lowest BCUT2D eigenvalue weighted by Gasteiger charge is -2.23. The third-order valence-electron chi connectivity index (χ3n) is 5.91. The number of carbonyl (C=O) groups excluding carboxylic acids is 1. The minimum absolute atomic E-state index is 0.00811. The summed E-state index contributed by atoms with van der Waals surface area (Å²) in [5.41, 5.74) is 1.65. The van der Waals surface area contributed by atoms with E-state index in [2.05, 4.69) is 18.3 Å². The summed E-state index contributed by atoms with van der Waals surface area (Å²) in [5.74, 6) is -1.83. The number of carboxylic acid groups (broad SMARTS) is 1. The van der Waals surface area contributed by atoms with Crippen molar-refractivity contribution in [3.8, 4) is 6.07 Å². The Labute approximate surface area is 150 Å². The van der Waals surface area contributed by atoms with Gasteiger partial charge in [-0.3, -0.25) is 9.59 Å². The molecule has 0 aromatic carbocycles. The van der Waals surface area contributed by atoms with Crippen molar-refractivity contribution in [2.24, 2.45) is 29.6 Å². The van der Waals surface area contributed by atoms with E-state index in [4.69, 9.17) is 0 Å². The van der Waals surface area contributed by atoms with Crippen molar-refractivity contribution < 1.29 is 14.7 Å². The van der Waals surface area contributed by atoms with Crippen LogP contribution in [0.2, 0.25) is 0 Å². The highest BCUT2D eigenvalue weighted by Crippen LogP contribution is 2.49. The van der Waals surface area contributed by atoms with E-state index in [-0.39, 0.29) is 17.7 Å². The fraction of sp³-hybridized carbons (Fsp3) is 0.526. The smallest absolute Gasteiger partial charge is 0.307 e. The molecule has 1 aromatic heterocycles. The molecule has 1 fully saturated rings. The van der Waals surface area contributed by atoms with Crippen LogP contribution in [0.4, 0.5) is 5.00 Å². The van der Waals surface area contributed by atoms with Crippen LogP contribution in [0.15, 0.2) is 12.2 Å². The van der Waals surface area contributed by atoms with E-state index in [0.717, 1.165) is 31.2 Å². The lowest BCUT2D eigenvalue weighted by Crippen LogP contribution is -2.36. The first-order valence-corrected chi connectivity index (χ1v) is 9.58. The van der Waals surface area contributed by atoms with Gasteiger partial charge in [0.25, 0.3) is 0 Å². The van der Waals surface area contributed by atoms with Crippen molar-refractivity contribution in [2.45, 2.75) is 32.6 Å². The summed E-state index contributed by atoms with van der Waals surface area (Å²) in [4.78, 5) is 25.7. The molecule has 2 bridgehead atoms. The van der Waals surface area contributed by atoms with E-state index in [1.807, 2.05) is 12.2 Å². The number of carbonyl (C=O) groups is 2. The number of hydrogen-bond acceptors (Lipinski definition) is 4.